The summed E-state index contributed by atoms with van der Waals surface area (Å²) in [7, 11) is 0. The Morgan fingerprint density at radius 2 is 1.65 bits per heavy atom. The smallest absolute Gasteiger partial charge is 0.00965 e. The van der Waals surface area contributed by atoms with Gasteiger partial charge in [-0.2, -0.15) is 0 Å². The molecule has 0 aromatic heterocycles. The van der Waals surface area contributed by atoms with Crippen LogP contribution in [0.25, 0.3) is 0 Å². The van der Waals surface area contributed by atoms with Gasteiger partial charge in [-0.1, -0.05) is 26.7 Å². The molecule has 0 aromatic rings. The molecule has 0 aromatic carbocycles. The van der Waals surface area contributed by atoms with E-state index in [4.69, 9.17) is 0 Å². The van der Waals surface area contributed by atoms with E-state index in [1.165, 1.54) is 71.1 Å². The van der Waals surface area contributed by atoms with Gasteiger partial charge in [-0.3, -0.25) is 0 Å². The van der Waals surface area contributed by atoms with Crippen molar-refractivity contribution >= 4 is 0 Å². The fourth-order valence-electron chi connectivity index (χ4n) is 3.32. The highest BCUT2D eigenvalue weighted by molar-refractivity contribution is 4.87. The van der Waals surface area contributed by atoms with Gasteiger partial charge in [0.05, 0.1) is 0 Å². The molecule has 0 radical (unpaired) electrons. The zero-order valence-corrected chi connectivity index (χ0v) is 14.7. The highest BCUT2D eigenvalue weighted by Gasteiger charge is 2.34. The van der Waals surface area contributed by atoms with Crippen LogP contribution in [0.2, 0.25) is 0 Å². The van der Waals surface area contributed by atoms with Crippen molar-refractivity contribution in [2.75, 3.05) is 26.2 Å². The lowest BCUT2D eigenvalue weighted by atomic mass is 9.82. The first-order valence-electron chi connectivity index (χ1n) is 8.88. The zero-order valence-electron chi connectivity index (χ0n) is 14.7. The molecular weight excluding hydrogens is 244 g/mol. The van der Waals surface area contributed by atoms with Crippen molar-refractivity contribution < 1.29 is 0 Å². The van der Waals surface area contributed by atoms with Crippen LogP contribution < -0.4 is 5.32 Å². The number of nitrogens with zero attached hydrogens (tertiary/aromatic N) is 1. The molecule has 1 aliphatic rings. The third kappa shape index (κ3) is 6.58. The Morgan fingerprint density at radius 1 is 1.00 bits per heavy atom. The maximum absolute atomic E-state index is 3.57. The first-order chi connectivity index (χ1) is 9.41. The Labute approximate surface area is 127 Å². The highest BCUT2D eigenvalue weighted by atomic mass is 15.2. The summed E-state index contributed by atoms with van der Waals surface area (Å²) < 4.78 is 0. The number of nitrogens with one attached hydrogen (secondary N) is 1. The van der Waals surface area contributed by atoms with Crippen molar-refractivity contribution in [2.45, 2.75) is 85.1 Å². The average molecular weight is 283 g/mol. The van der Waals surface area contributed by atoms with Crippen LogP contribution in [0.1, 0.15) is 79.6 Å². The van der Waals surface area contributed by atoms with Gasteiger partial charge in [0.2, 0.25) is 0 Å². The van der Waals surface area contributed by atoms with Gasteiger partial charge < -0.3 is 10.2 Å². The third-order valence-electron chi connectivity index (χ3n) is 5.07. The molecule has 1 fully saturated rings. The molecular formula is C18H38N2. The van der Waals surface area contributed by atoms with E-state index in [0.29, 0.717) is 5.41 Å². The number of rotatable bonds is 9. The Morgan fingerprint density at radius 3 is 2.20 bits per heavy atom. The molecule has 1 aliphatic heterocycles. The molecule has 1 heterocycles. The molecule has 0 atom stereocenters. The normalized spacial score (nSPS) is 19.6. The summed E-state index contributed by atoms with van der Waals surface area (Å²) in [5.41, 5.74) is 0.926. The van der Waals surface area contributed by atoms with Crippen LogP contribution in [0.3, 0.4) is 0 Å². The summed E-state index contributed by atoms with van der Waals surface area (Å²) in [5.74, 6) is 0. The van der Waals surface area contributed by atoms with Crippen LogP contribution in [-0.2, 0) is 0 Å². The van der Waals surface area contributed by atoms with Crippen LogP contribution in [0.4, 0.5) is 0 Å². The lowest BCUT2D eigenvalue weighted by Crippen LogP contribution is -2.36. The van der Waals surface area contributed by atoms with E-state index in [1.807, 2.05) is 0 Å². The van der Waals surface area contributed by atoms with E-state index in [9.17, 15) is 0 Å². The second kappa shape index (κ2) is 8.38. The summed E-state index contributed by atoms with van der Waals surface area (Å²) in [4.78, 5) is 2.71. The van der Waals surface area contributed by atoms with Gasteiger partial charge in [0.15, 0.2) is 0 Å². The summed E-state index contributed by atoms with van der Waals surface area (Å²) in [6.45, 7) is 16.7. The molecule has 2 heteroatoms. The molecule has 0 unspecified atom stereocenters. The van der Waals surface area contributed by atoms with Crippen LogP contribution in [-0.4, -0.2) is 36.6 Å². The maximum Gasteiger partial charge on any atom is 0.00965 e. The predicted molar refractivity (Wildman–Crippen MR) is 90.3 cm³/mol. The molecule has 0 amide bonds. The SMILES string of the molecule is CCC1(CC)CCN(CCCCCCNC(C)(C)C)C1. The minimum absolute atomic E-state index is 0.277. The minimum Gasteiger partial charge on any atom is -0.312 e. The van der Waals surface area contributed by atoms with Crippen LogP contribution in [0, 0.1) is 5.41 Å². The first kappa shape index (κ1) is 18.0. The van der Waals surface area contributed by atoms with Crippen molar-refractivity contribution in [3.05, 3.63) is 0 Å². The molecule has 2 nitrogen and oxygen atoms in total. The predicted octanol–water partition coefficient (Wildman–Crippen LogP) is 4.45. The van der Waals surface area contributed by atoms with Gasteiger partial charge in [-0.05, 0) is 77.9 Å². The van der Waals surface area contributed by atoms with Crippen molar-refractivity contribution in [3.8, 4) is 0 Å². The van der Waals surface area contributed by atoms with Crippen LogP contribution in [0.5, 0.6) is 0 Å². The van der Waals surface area contributed by atoms with Crippen molar-refractivity contribution in [1.29, 1.82) is 0 Å². The number of hydrogen-bond donors (Lipinski definition) is 1. The molecule has 0 spiro atoms. The summed E-state index contributed by atoms with van der Waals surface area (Å²) in [6.07, 6.45) is 9.63. The monoisotopic (exact) mass is 282 g/mol. The van der Waals surface area contributed by atoms with Gasteiger partial charge >= 0.3 is 0 Å². The van der Waals surface area contributed by atoms with Gasteiger partial charge in [0, 0.05) is 12.1 Å². The van der Waals surface area contributed by atoms with Crippen LogP contribution >= 0.6 is 0 Å². The summed E-state index contributed by atoms with van der Waals surface area (Å²) in [6, 6.07) is 0. The van der Waals surface area contributed by atoms with E-state index < -0.39 is 0 Å². The molecule has 0 aliphatic carbocycles. The van der Waals surface area contributed by atoms with E-state index in [0.717, 1.165) is 0 Å². The second-order valence-electron chi connectivity index (χ2n) is 7.82. The van der Waals surface area contributed by atoms with Gasteiger partial charge in [0.25, 0.3) is 0 Å². The topological polar surface area (TPSA) is 15.3 Å². The fourth-order valence-corrected chi connectivity index (χ4v) is 3.32. The van der Waals surface area contributed by atoms with Crippen molar-refractivity contribution in [2.24, 2.45) is 5.41 Å². The Balaban J connectivity index is 2.00. The standard InChI is InChI=1S/C18H38N2/c1-6-18(7-2)12-15-20(16-18)14-11-9-8-10-13-19-17(3,4)5/h19H,6-16H2,1-5H3. The molecule has 0 bridgehead atoms. The summed E-state index contributed by atoms with van der Waals surface area (Å²) >= 11 is 0. The Bertz CT molecular complexity index is 251. The first-order valence-corrected chi connectivity index (χ1v) is 8.88. The lowest BCUT2D eigenvalue weighted by Gasteiger charge is -2.26. The second-order valence-corrected chi connectivity index (χ2v) is 7.82. The van der Waals surface area contributed by atoms with Crippen molar-refractivity contribution in [3.63, 3.8) is 0 Å². The molecule has 0 saturated carbocycles. The third-order valence-corrected chi connectivity index (χ3v) is 5.07. The minimum atomic E-state index is 0.277. The molecule has 20 heavy (non-hydrogen) atoms. The van der Waals surface area contributed by atoms with Crippen LogP contribution in [0.15, 0.2) is 0 Å². The van der Waals surface area contributed by atoms with E-state index >= 15 is 0 Å². The highest BCUT2D eigenvalue weighted by Crippen LogP contribution is 2.36. The van der Waals surface area contributed by atoms with Gasteiger partial charge in [-0.25, -0.2) is 0 Å². The largest absolute Gasteiger partial charge is 0.312 e. The molecule has 120 valence electrons. The maximum atomic E-state index is 3.57. The molecule has 1 saturated heterocycles. The van der Waals surface area contributed by atoms with E-state index in [1.54, 1.807) is 0 Å². The van der Waals surface area contributed by atoms with E-state index in [2.05, 4.69) is 44.8 Å². The molecule has 1 rings (SSSR count). The van der Waals surface area contributed by atoms with E-state index in [-0.39, 0.29) is 5.54 Å². The zero-order chi connectivity index (χ0) is 15.1. The average Bonchev–Trinajstić information content (AvgIpc) is 2.81. The fraction of sp³-hybridized carbons (Fsp3) is 1.00. The summed E-state index contributed by atoms with van der Waals surface area (Å²) in [5, 5.41) is 3.57. The number of likely N-dealkylation sites (tertiary alicyclic amines) is 1. The Hall–Kier alpha value is -0.0800. The quantitative estimate of drug-likeness (QED) is 0.629. The molecule has 1 N–H and O–H groups in total. The number of hydrogen-bond acceptors (Lipinski definition) is 2. The van der Waals surface area contributed by atoms with Gasteiger partial charge in [-0.15, -0.1) is 0 Å². The van der Waals surface area contributed by atoms with Crippen molar-refractivity contribution in [1.82, 2.24) is 10.2 Å². The lowest BCUT2D eigenvalue weighted by molar-refractivity contribution is 0.237. The van der Waals surface area contributed by atoms with Gasteiger partial charge in [0.1, 0.15) is 0 Å². The number of unbranched alkanes of at least 4 members (excludes halogenated alkanes) is 3. The Kier molecular flexibility index (Phi) is 7.53.